The minimum absolute atomic E-state index is 0.840. The van der Waals surface area contributed by atoms with Crippen molar-refractivity contribution >= 4 is 87.2 Å². The maximum Gasteiger partial charge on any atom is 0.397 e. The lowest BCUT2D eigenvalue weighted by Gasteiger charge is -2.50. The minimum Gasteiger partial charge on any atom is -0.479 e. The fourth-order valence-electron chi connectivity index (χ4n) is 7.55. The number of hydrogen-bond acceptors (Lipinski definition) is 31. The van der Waals surface area contributed by atoms with Gasteiger partial charge < -0.3 is 79.3 Å². The standard InChI is InChI=1S/C26H42N2O37S5.C6H6ClN/c1-4(30)27-7-9(31)13(6(56-23(7)39)3-55-67(43,44)45)58-26-19(65-70(52,53)54)12(34)16(20(62-26)22(37)38)60-24-8(28-66(40,41)42)15(63-68(46,47)48)14(5(2-29)57-24)59-25-18(64-69(49,50)51)11(33)10(32)17(61-25)21(35)36;7-8-6-4-2-1-3-5-6/h5-20,23-26,28-29,31-34,39H,2-3H2,1H3,(H,27,30)(H,35,36)(H,37,38)(H,40,41,42)(H,43,44,45)(H,46,47,48)(H,49,50,51)(H,52,53,54);1-5,8H/t5-,6+,7-,8-,9-,10-,11-,12+,13-,14-,15-,16+,17-,18+,19-,20+,23-,24+,25+,26-;/m1./s1. The number of halogens is 1. The van der Waals surface area contributed by atoms with E-state index >= 15 is 0 Å². The molecule has 0 radical (unpaired) electrons. The smallest absolute Gasteiger partial charge is 0.397 e. The summed E-state index contributed by atoms with van der Waals surface area (Å²) < 4.78 is 222. The first-order valence-corrected chi connectivity index (χ1v) is 28.1. The molecule has 0 unspecified atom stereocenters. The predicted molar refractivity (Wildman–Crippen MR) is 237 cm³/mol. The van der Waals surface area contributed by atoms with Crippen molar-refractivity contribution in [2.45, 2.75) is 130 Å². The van der Waals surface area contributed by atoms with Crippen LogP contribution in [0, 0.1) is 0 Å². The molecule has 4 fully saturated rings. The molecule has 0 spiro atoms. The van der Waals surface area contributed by atoms with E-state index in [1.165, 1.54) is 4.72 Å². The van der Waals surface area contributed by atoms with E-state index in [4.69, 9.17) is 49.5 Å². The van der Waals surface area contributed by atoms with Crippen molar-refractivity contribution in [3.63, 3.8) is 0 Å². The number of carboxylic acids is 2. The molecule has 0 bridgehead atoms. The van der Waals surface area contributed by atoms with Crippen molar-refractivity contribution < 1.29 is 170 Å². The summed E-state index contributed by atoms with van der Waals surface area (Å²) in [6, 6.07) is 4.62. The van der Waals surface area contributed by atoms with Crippen molar-refractivity contribution in [3.8, 4) is 0 Å². The number of ether oxygens (including phenoxy) is 7. The van der Waals surface area contributed by atoms with Gasteiger partial charge in [-0.15, -0.1) is 0 Å². The molecule has 0 aliphatic carbocycles. The van der Waals surface area contributed by atoms with Crippen LogP contribution in [0.4, 0.5) is 5.69 Å². The summed E-state index contributed by atoms with van der Waals surface area (Å²) in [6.45, 7) is -2.24. The average Bonchev–Trinajstić information content (AvgIpc) is 3.29. The SMILES string of the molecule is CC(=O)N[C@@H]1[C@@H](O)[C@H](O[C@@H]2O[C@H](C(=O)O)[C@@H](O[C@@H]3O[C@H](CO)[C@@H](O[C@H]4O[C@@H](C(=O)O)[C@H](O)[C@@H](O)[C@@H]4OS(=O)(=O)O)[C@H](OS(=O)(=O)O)[C@H]3NS(=O)(=O)O)[C@H](O)[C@H]2OS(=O)(=O)O)[C@H](COS(=O)(=O)O)O[C@H]1O.ClNc1ccccc1. The second-order valence-corrected chi connectivity index (χ2v) is 21.7. The zero-order valence-electron chi connectivity index (χ0n) is 38.4. The first-order chi connectivity index (χ1) is 35.7. The summed E-state index contributed by atoms with van der Waals surface area (Å²) >= 11 is 5.28. The Kier molecular flexibility index (Phi) is 23.3. The Morgan fingerprint density at radius 2 is 1.05 bits per heavy atom. The van der Waals surface area contributed by atoms with Crippen LogP contribution in [0.5, 0.6) is 0 Å². The van der Waals surface area contributed by atoms with E-state index in [9.17, 15) is 116 Å². The lowest BCUT2D eigenvalue weighted by Crippen LogP contribution is -2.71. The number of carbonyl (C=O) groups is 3. The number of para-hydroxylation sites is 1. The summed E-state index contributed by atoms with van der Waals surface area (Å²) in [7, 11) is -29.1. The van der Waals surface area contributed by atoms with Gasteiger partial charge in [0.2, 0.25) is 5.91 Å². The van der Waals surface area contributed by atoms with Crippen molar-refractivity contribution in [2.75, 3.05) is 18.0 Å². The molecule has 0 saturated carbocycles. The first-order valence-electron chi connectivity index (χ1n) is 20.8. The number of hydrogen-bond donors (Lipinski definition) is 16. The Morgan fingerprint density at radius 3 is 1.50 bits per heavy atom. The van der Waals surface area contributed by atoms with E-state index < -0.39 is 206 Å². The molecular weight excluding hydrogens is 1210 g/mol. The van der Waals surface area contributed by atoms with E-state index in [0.29, 0.717) is 0 Å². The topological polar surface area (TPSA) is 623 Å². The van der Waals surface area contributed by atoms with Crippen molar-refractivity contribution in [1.82, 2.24) is 10.0 Å². The number of amides is 1. The third-order valence-corrected chi connectivity index (χ3v) is 13.2. The zero-order chi connectivity index (χ0) is 59.2. The second-order valence-electron chi connectivity index (χ2n) is 16.1. The summed E-state index contributed by atoms with van der Waals surface area (Å²) in [4.78, 5) is 38.9. The molecule has 1 aromatic carbocycles. The highest BCUT2D eigenvalue weighted by Crippen LogP contribution is 2.37. The van der Waals surface area contributed by atoms with Gasteiger partial charge in [0.05, 0.1) is 13.2 Å². The van der Waals surface area contributed by atoms with Gasteiger partial charge in [0.1, 0.15) is 73.1 Å². The van der Waals surface area contributed by atoms with Crippen LogP contribution in [0.15, 0.2) is 30.3 Å². The number of benzene rings is 1. The van der Waals surface area contributed by atoms with Gasteiger partial charge >= 0.3 is 63.8 Å². The highest BCUT2D eigenvalue weighted by atomic mass is 35.5. The third kappa shape index (κ3) is 19.3. The van der Waals surface area contributed by atoms with Crippen LogP contribution in [0.3, 0.4) is 0 Å². The molecule has 78 heavy (non-hydrogen) atoms. The van der Waals surface area contributed by atoms with E-state index in [-0.39, 0.29) is 0 Å². The molecule has 450 valence electrons. The van der Waals surface area contributed by atoms with E-state index in [1.54, 1.807) is 0 Å². The Morgan fingerprint density at radius 1 is 0.564 bits per heavy atom. The number of aliphatic hydroxyl groups is 6. The van der Waals surface area contributed by atoms with Crippen LogP contribution in [0.2, 0.25) is 0 Å². The van der Waals surface area contributed by atoms with Gasteiger partial charge in [0, 0.05) is 24.4 Å². The number of aliphatic carboxylic acids is 2. The summed E-state index contributed by atoms with van der Waals surface area (Å²) in [5.41, 5.74) is 0.925. The fraction of sp³-hybridized carbons (Fsp3) is 0.719. The third-order valence-electron chi connectivity index (χ3n) is 10.6. The van der Waals surface area contributed by atoms with Gasteiger partial charge in [-0.1, -0.05) is 18.2 Å². The van der Waals surface area contributed by atoms with Crippen molar-refractivity contribution in [3.05, 3.63) is 30.3 Å². The zero-order valence-corrected chi connectivity index (χ0v) is 43.2. The minimum atomic E-state index is -6.09. The van der Waals surface area contributed by atoms with Crippen LogP contribution in [0.1, 0.15) is 6.92 Å². The molecule has 1 aromatic rings. The summed E-state index contributed by atoms with van der Waals surface area (Å²) in [6.07, 6.45) is -49.1. The molecule has 4 aliphatic heterocycles. The van der Waals surface area contributed by atoms with Crippen LogP contribution >= 0.6 is 11.8 Å². The Bertz CT molecular complexity index is 2790. The molecular formula is C32H48ClN3O37S5. The number of carboxylic acid groups (broad SMARTS) is 2. The van der Waals surface area contributed by atoms with Gasteiger partial charge in [-0.2, -0.15) is 46.8 Å². The fourth-order valence-corrected chi connectivity index (χ4v) is 10.1. The Hall–Kier alpha value is -3.45. The number of carbonyl (C=O) groups excluding carboxylic acids is 1. The first kappa shape index (κ1) is 67.1. The van der Waals surface area contributed by atoms with Gasteiger partial charge in [0.25, 0.3) is 0 Å². The molecule has 4 saturated heterocycles. The molecule has 16 N–H and O–H groups in total. The Labute approximate surface area is 443 Å². The van der Waals surface area contributed by atoms with E-state index in [1.807, 2.05) is 35.6 Å². The van der Waals surface area contributed by atoms with Gasteiger partial charge in [-0.05, 0) is 12.1 Å². The normalized spacial score (nSPS) is 36.1. The quantitative estimate of drug-likeness (QED) is 0.0379. The number of rotatable bonds is 22. The van der Waals surface area contributed by atoms with Crippen molar-refractivity contribution in [2.24, 2.45) is 0 Å². The largest absolute Gasteiger partial charge is 0.479 e. The average molecular weight is 1260 g/mol. The predicted octanol–water partition coefficient (Wildman–Crippen LogP) is -8.46. The van der Waals surface area contributed by atoms with Crippen molar-refractivity contribution in [1.29, 1.82) is 0 Å². The lowest BCUT2D eigenvalue weighted by atomic mass is 9.94. The van der Waals surface area contributed by atoms with Crippen LogP contribution < -0.4 is 14.9 Å². The maximum absolute atomic E-state index is 12.7. The van der Waals surface area contributed by atoms with Crippen LogP contribution in [0.25, 0.3) is 0 Å². The van der Waals surface area contributed by atoms with Crippen LogP contribution in [-0.4, -0.2) is 259 Å². The van der Waals surface area contributed by atoms with Gasteiger partial charge in [-0.25, -0.2) is 26.3 Å². The summed E-state index contributed by atoms with van der Waals surface area (Å²) in [5, 5.41) is 86.0. The molecule has 46 heteroatoms. The molecule has 4 aliphatic rings. The summed E-state index contributed by atoms with van der Waals surface area (Å²) in [5.74, 6) is -5.49. The molecule has 0 aromatic heterocycles. The second kappa shape index (κ2) is 27.1. The van der Waals surface area contributed by atoms with E-state index in [2.05, 4.69) is 21.6 Å². The monoisotopic (exact) mass is 1260 g/mol. The highest BCUT2D eigenvalue weighted by Gasteiger charge is 2.60. The van der Waals surface area contributed by atoms with Gasteiger partial charge in [-0.3, -0.25) is 32.4 Å². The lowest BCUT2D eigenvalue weighted by molar-refractivity contribution is -0.366. The molecule has 20 atom stereocenters. The Balaban J connectivity index is 0.00000150. The number of aliphatic hydroxyl groups excluding tert-OH is 6. The van der Waals surface area contributed by atoms with Crippen LogP contribution in [-0.2, 0) is 116 Å². The van der Waals surface area contributed by atoms with Gasteiger partial charge in [0.15, 0.2) is 49.6 Å². The number of nitrogens with one attached hydrogen (secondary N) is 3. The maximum atomic E-state index is 12.7. The molecule has 1 amide bonds. The molecule has 4 heterocycles. The number of anilines is 1. The molecule has 40 nitrogen and oxygen atoms in total. The molecule has 5 rings (SSSR count). The highest BCUT2D eigenvalue weighted by molar-refractivity contribution is 7.83. The van der Waals surface area contributed by atoms with E-state index in [0.717, 1.165) is 12.6 Å².